The van der Waals surface area contributed by atoms with Crippen LogP contribution in [-0.4, -0.2) is 18.3 Å². The monoisotopic (exact) mass is 216 g/mol. The number of fused-ring (bicyclic) bond motifs is 1. The van der Waals surface area contributed by atoms with Gasteiger partial charge in [0.05, 0.1) is 5.56 Å². The van der Waals surface area contributed by atoms with Crippen molar-refractivity contribution in [3.8, 4) is 17.2 Å². The third-order valence-electron chi connectivity index (χ3n) is 2.13. The van der Waals surface area contributed by atoms with Crippen molar-refractivity contribution in [3.63, 3.8) is 0 Å². The summed E-state index contributed by atoms with van der Waals surface area (Å²) in [5, 5.41) is 9.39. The van der Waals surface area contributed by atoms with Crippen molar-refractivity contribution in [2.24, 2.45) is 0 Å². The maximum Gasteiger partial charge on any atom is 0.274 e. The maximum atomic E-state index is 13.0. The Hall–Kier alpha value is -1.52. The van der Waals surface area contributed by atoms with Crippen molar-refractivity contribution in [1.29, 1.82) is 0 Å². The third-order valence-corrected chi connectivity index (χ3v) is 2.13. The molecular formula is C10H10F2O3. The maximum absolute atomic E-state index is 13.0. The van der Waals surface area contributed by atoms with Crippen LogP contribution in [0.5, 0.6) is 17.2 Å². The normalized spacial score (nSPS) is 15.1. The second-order valence-corrected chi connectivity index (χ2v) is 3.40. The van der Waals surface area contributed by atoms with Crippen LogP contribution in [0.1, 0.15) is 12.5 Å². The Morgan fingerprint density at radius 3 is 2.27 bits per heavy atom. The van der Waals surface area contributed by atoms with E-state index in [-0.39, 0.29) is 5.75 Å². The Morgan fingerprint density at radius 2 is 1.73 bits per heavy atom. The molecule has 0 bridgehead atoms. The summed E-state index contributed by atoms with van der Waals surface area (Å²) in [6.07, 6.45) is 0. The molecule has 5 heteroatoms. The van der Waals surface area contributed by atoms with Crippen LogP contribution in [-0.2, 0) is 5.92 Å². The highest BCUT2D eigenvalue weighted by Crippen LogP contribution is 2.42. The van der Waals surface area contributed by atoms with Gasteiger partial charge in [-0.3, -0.25) is 0 Å². The number of benzene rings is 1. The Morgan fingerprint density at radius 1 is 1.20 bits per heavy atom. The van der Waals surface area contributed by atoms with E-state index in [0.29, 0.717) is 19.0 Å². The van der Waals surface area contributed by atoms with Gasteiger partial charge in [0.25, 0.3) is 5.92 Å². The molecule has 0 fully saturated rings. The first-order chi connectivity index (χ1) is 6.98. The molecule has 3 nitrogen and oxygen atoms in total. The van der Waals surface area contributed by atoms with E-state index in [1.165, 1.54) is 0 Å². The number of phenols is 1. The van der Waals surface area contributed by atoms with Crippen LogP contribution in [0.2, 0.25) is 0 Å². The molecular weight excluding hydrogens is 206 g/mol. The summed E-state index contributed by atoms with van der Waals surface area (Å²) in [5.41, 5.74) is -0.452. The van der Waals surface area contributed by atoms with Gasteiger partial charge >= 0.3 is 0 Å². The molecule has 82 valence electrons. The van der Waals surface area contributed by atoms with Crippen molar-refractivity contribution in [2.75, 3.05) is 13.2 Å². The average Bonchev–Trinajstić information content (AvgIpc) is 2.15. The van der Waals surface area contributed by atoms with Crippen LogP contribution in [0.3, 0.4) is 0 Å². The van der Waals surface area contributed by atoms with E-state index in [9.17, 15) is 13.9 Å². The molecule has 1 aliphatic rings. The van der Waals surface area contributed by atoms with E-state index in [1.807, 2.05) is 0 Å². The highest BCUT2D eigenvalue weighted by molar-refractivity contribution is 5.51. The van der Waals surface area contributed by atoms with E-state index >= 15 is 0 Å². The lowest BCUT2D eigenvalue weighted by molar-refractivity contribution is 0.0145. The molecule has 0 spiro atoms. The number of hydrogen-bond donors (Lipinski definition) is 1. The highest BCUT2D eigenvalue weighted by atomic mass is 19.3. The Balaban J connectivity index is 2.50. The van der Waals surface area contributed by atoms with Crippen molar-refractivity contribution < 1.29 is 23.4 Å². The molecule has 1 aromatic rings. The van der Waals surface area contributed by atoms with Crippen LogP contribution in [0.25, 0.3) is 0 Å². The molecule has 0 amide bonds. The van der Waals surface area contributed by atoms with Gasteiger partial charge in [-0.1, -0.05) is 0 Å². The lowest BCUT2D eigenvalue weighted by atomic mass is 10.1. The summed E-state index contributed by atoms with van der Waals surface area (Å²) < 4.78 is 36.3. The molecule has 0 aromatic heterocycles. The quantitative estimate of drug-likeness (QED) is 0.782. The summed E-state index contributed by atoms with van der Waals surface area (Å²) in [6.45, 7) is 1.40. The first kappa shape index (κ1) is 10.0. The van der Waals surface area contributed by atoms with Gasteiger partial charge in [-0.05, 0) is 6.07 Å². The summed E-state index contributed by atoms with van der Waals surface area (Å²) in [7, 11) is 0. The largest absolute Gasteiger partial charge is 0.507 e. The molecule has 0 saturated heterocycles. The van der Waals surface area contributed by atoms with Crippen LogP contribution in [0.4, 0.5) is 8.78 Å². The zero-order valence-corrected chi connectivity index (χ0v) is 8.09. The lowest BCUT2D eigenvalue weighted by Crippen LogP contribution is -2.16. The summed E-state index contributed by atoms with van der Waals surface area (Å²) in [6, 6.07) is 2.27. The molecule has 0 atom stereocenters. The Bertz CT molecular complexity index is 385. The smallest absolute Gasteiger partial charge is 0.274 e. The summed E-state index contributed by atoms with van der Waals surface area (Å²) in [5.74, 6) is -3.03. The molecule has 1 heterocycles. The number of aromatic hydroxyl groups is 1. The topological polar surface area (TPSA) is 38.7 Å². The van der Waals surface area contributed by atoms with Crippen LogP contribution < -0.4 is 9.47 Å². The van der Waals surface area contributed by atoms with E-state index in [1.54, 1.807) is 0 Å². The van der Waals surface area contributed by atoms with Crippen molar-refractivity contribution in [2.45, 2.75) is 12.8 Å². The molecule has 0 radical (unpaired) electrons. The van der Waals surface area contributed by atoms with Crippen molar-refractivity contribution in [1.82, 2.24) is 0 Å². The average molecular weight is 216 g/mol. The first-order valence-electron chi connectivity index (χ1n) is 4.49. The number of ether oxygens (including phenoxy) is 2. The van der Waals surface area contributed by atoms with Gasteiger partial charge in [0.15, 0.2) is 11.5 Å². The number of phenolic OH excluding ortho intramolecular Hbond substituents is 1. The predicted octanol–water partition coefficient (Wildman–Crippen LogP) is 2.28. The minimum Gasteiger partial charge on any atom is -0.507 e. The number of halogens is 2. The van der Waals surface area contributed by atoms with Gasteiger partial charge in [-0.2, -0.15) is 0 Å². The van der Waals surface area contributed by atoms with Gasteiger partial charge in [0, 0.05) is 13.0 Å². The van der Waals surface area contributed by atoms with Crippen LogP contribution in [0.15, 0.2) is 12.1 Å². The number of rotatable bonds is 1. The molecule has 0 saturated carbocycles. The number of hydrogen-bond acceptors (Lipinski definition) is 3. The molecule has 2 rings (SSSR count). The third kappa shape index (κ3) is 1.82. The zero-order valence-electron chi connectivity index (χ0n) is 8.09. The van der Waals surface area contributed by atoms with Crippen molar-refractivity contribution >= 4 is 0 Å². The minimum absolute atomic E-state index is 0.246. The van der Waals surface area contributed by atoms with E-state index in [4.69, 9.17) is 9.47 Å². The van der Waals surface area contributed by atoms with Gasteiger partial charge in [0.1, 0.15) is 19.0 Å². The minimum atomic E-state index is -3.10. The summed E-state index contributed by atoms with van der Waals surface area (Å²) in [4.78, 5) is 0. The second kappa shape index (κ2) is 3.25. The second-order valence-electron chi connectivity index (χ2n) is 3.40. The zero-order chi connectivity index (χ0) is 11.1. The van der Waals surface area contributed by atoms with Gasteiger partial charge in [-0.15, -0.1) is 0 Å². The van der Waals surface area contributed by atoms with Gasteiger partial charge < -0.3 is 14.6 Å². The predicted molar refractivity (Wildman–Crippen MR) is 48.7 cm³/mol. The summed E-state index contributed by atoms with van der Waals surface area (Å²) >= 11 is 0. The fourth-order valence-electron chi connectivity index (χ4n) is 1.43. The van der Waals surface area contributed by atoms with E-state index < -0.39 is 17.2 Å². The highest BCUT2D eigenvalue weighted by Gasteiger charge is 2.30. The fraction of sp³-hybridized carbons (Fsp3) is 0.400. The van der Waals surface area contributed by atoms with E-state index in [2.05, 4.69) is 0 Å². The van der Waals surface area contributed by atoms with Gasteiger partial charge in [-0.25, -0.2) is 8.78 Å². The molecule has 1 N–H and O–H groups in total. The van der Waals surface area contributed by atoms with Crippen molar-refractivity contribution in [3.05, 3.63) is 17.7 Å². The SMILES string of the molecule is CC(F)(F)c1cc2c(cc1O)OCCO2. The molecule has 1 aromatic carbocycles. The standard InChI is InChI=1S/C10H10F2O3/c1-10(11,12)6-4-8-9(5-7(6)13)15-3-2-14-8/h4-5,13H,2-3H2,1H3. The van der Waals surface area contributed by atoms with E-state index in [0.717, 1.165) is 19.1 Å². The fourth-order valence-corrected chi connectivity index (χ4v) is 1.43. The first-order valence-corrected chi connectivity index (χ1v) is 4.49. The molecule has 0 unspecified atom stereocenters. The lowest BCUT2D eigenvalue weighted by Gasteiger charge is -2.21. The molecule has 0 aliphatic carbocycles. The van der Waals surface area contributed by atoms with Gasteiger partial charge in [0.2, 0.25) is 0 Å². The Kier molecular flexibility index (Phi) is 2.17. The molecule has 1 aliphatic heterocycles. The molecule has 15 heavy (non-hydrogen) atoms. The number of alkyl halides is 2. The van der Waals surface area contributed by atoms with Crippen LogP contribution in [0, 0.1) is 0 Å². The van der Waals surface area contributed by atoms with Crippen LogP contribution >= 0.6 is 0 Å². The Labute approximate surface area is 85.2 Å².